The Morgan fingerprint density at radius 2 is 1.71 bits per heavy atom. The third-order valence-corrected chi connectivity index (χ3v) is 6.36. The molecule has 1 fully saturated rings. The fraction of sp³-hybridized carbons (Fsp3) is 0.259. The molecule has 0 bridgehead atoms. The molecule has 3 aromatic rings. The van der Waals surface area contributed by atoms with Crippen LogP contribution >= 0.6 is 0 Å². The second kappa shape index (κ2) is 9.97. The van der Waals surface area contributed by atoms with E-state index in [1.807, 2.05) is 30.3 Å². The number of hydrogen-bond acceptors (Lipinski definition) is 5. The maximum Gasteiger partial charge on any atom is 0.337 e. The van der Waals surface area contributed by atoms with Crippen molar-refractivity contribution >= 4 is 17.6 Å². The fourth-order valence-corrected chi connectivity index (χ4v) is 4.34. The standard InChI is InChI=1S/C27H28N2O5/c1-29-12-10-17(11-13-29)19-7-9-25(30)23(15-19)26(31)28-24-16-20(6-8-22(24)27(32)33)18-4-3-5-21(14-18)34-2/h3-9,14-17,30H,10-13H2,1-2H3,(H,28,31)(H,32,33). The quantitative estimate of drug-likeness (QED) is 0.487. The van der Waals surface area contributed by atoms with Gasteiger partial charge in [-0.05, 0) is 92.0 Å². The van der Waals surface area contributed by atoms with E-state index in [0.717, 1.165) is 42.6 Å². The number of phenolic OH excluding ortho intramolecular Hbond substituents is 1. The number of aromatic hydroxyl groups is 1. The highest BCUT2D eigenvalue weighted by Gasteiger charge is 2.22. The average Bonchev–Trinajstić information content (AvgIpc) is 2.84. The van der Waals surface area contributed by atoms with E-state index in [1.54, 1.807) is 25.3 Å². The molecule has 0 aliphatic carbocycles. The number of methoxy groups -OCH3 is 1. The molecule has 0 aromatic heterocycles. The van der Waals surface area contributed by atoms with Crippen LogP contribution in [-0.4, -0.2) is 54.2 Å². The van der Waals surface area contributed by atoms with Gasteiger partial charge in [0.2, 0.25) is 0 Å². The molecule has 7 nitrogen and oxygen atoms in total. The van der Waals surface area contributed by atoms with Crippen LogP contribution in [0.2, 0.25) is 0 Å². The van der Waals surface area contributed by atoms with E-state index in [2.05, 4.69) is 17.3 Å². The largest absolute Gasteiger partial charge is 0.507 e. The van der Waals surface area contributed by atoms with E-state index in [-0.39, 0.29) is 22.6 Å². The van der Waals surface area contributed by atoms with Crippen molar-refractivity contribution in [2.75, 3.05) is 32.6 Å². The molecule has 1 aliphatic rings. The van der Waals surface area contributed by atoms with E-state index < -0.39 is 11.9 Å². The maximum absolute atomic E-state index is 13.2. The average molecular weight is 461 g/mol. The van der Waals surface area contributed by atoms with Crippen LogP contribution in [0.15, 0.2) is 60.7 Å². The summed E-state index contributed by atoms with van der Waals surface area (Å²) in [6.07, 6.45) is 1.96. The number of nitrogens with one attached hydrogen (secondary N) is 1. The molecule has 1 aliphatic heterocycles. The van der Waals surface area contributed by atoms with E-state index in [4.69, 9.17) is 4.74 Å². The third kappa shape index (κ3) is 5.05. The first-order chi connectivity index (χ1) is 16.4. The number of piperidine rings is 1. The van der Waals surface area contributed by atoms with Gasteiger partial charge >= 0.3 is 5.97 Å². The number of carboxylic acids is 1. The number of hydrogen-bond donors (Lipinski definition) is 3. The van der Waals surface area contributed by atoms with Crippen LogP contribution in [0.4, 0.5) is 5.69 Å². The van der Waals surface area contributed by atoms with Gasteiger partial charge in [-0.2, -0.15) is 0 Å². The molecular formula is C27H28N2O5. The predicted molar refractivity (Wildman–Crippen MR) is 131 cm³/mol. The van der Waals surface area contributed by atoms with Crippen molar-refractivity contribution in [2.24, 2.45) is 0 Å². The molecule has 0 spiro atoms. The minimum Gasteiger partial charge on any atom is -0.507 e. The molecule has 1 amide bonds. The van der Waals surface area contributed by atoms with Gasteiger partial charge in [0, 0.05) is 0 Å². The SMILES string of the molecule is COc1cccc(-c2ccc(C(=O)O)c(NC(=O)c3cc(C4CCN(C)CC4)ccc3O)c2)c1. The Balaban J connectivity index is 1.64. The zero-order valence-corrected chi connectivity index (χ0v) is 19.2. The molecule has 1 saturated heterocycles. The van der Waals surface area contributed by atoms with Gasteiger partial charge in [-0.1, -0.05) is 24.3 Å². The molecule has 3 N–H and O–H groups in total. The van der Waals surface area contributed by atoms with Crippen molar-refractivity contribution < 1.29 is 24.5 Å². The second-order valence-corrected chi connectivity index (χ2v) is 8.61. The minimum absolute atomic E-state index is 0.0361. The Kier molecular flexibility index (Phi) is 6.84. The monoisotopic (exact) mass is 460 g/mol. The topological polar surface area (TPSA) is 99.1 Å². The van der Waals surface area contributed by atoms with Gasteiger partial charge in [0.1, 0.15) is 11.5 Å². The first-order valence-corrected chi connectivity index (χ1v) is 11.2. The summed E-state index contributed by atoms with van der Waals surface area (Å²) in [4.78, 5) is 27.2. The number of rotatable bonds is 6. The number of phenols is 1. The lowest BCUT2D eigenvalue weighted by atomic mass is 9.88. The number of carboxylic acid groups (broad SMARTS) is 1. The molecule has 3 aromatic carbocycles. The van der Waals surface area contributed by atoms with E-state index in [9.17, 15) is 19.8 Å². The Morgan fingerprint density at radius 1 is 0.971 bits per heavy atom. The Hall–Kier alpha value is -3.84. The molecule has 176 valence electrons. The molecule has 0 radical (unpaired) electrons. The second-order valence-electron chi connectivity index (χ2n) is 8.61. The van der Waals surface area contributed by atoms with Crippen LogP contribution in [0.5, 0.6) is 11.5 Å². The Labute approximate surface area is 198 Å². The summed E-state index contributed by atoms with van der Waals surface area (Å²) in [5.74, 6) is -0.875. The summed E-state index contributed by atoms with van der Waals surface area (Å²) in [7, 11) is 3.66. The van der Waals surface area contributed by atoms with Crippen LogP contribution in [-0.2, 0) is 0 Å². The van der Waals surface area contributed by atoms with Gasteiger partial charge < -0.3 is 25.2 Å². The Bertz CT molecular complexity index is 1220. The zero-order valence-electron chi connectivity index (χ0n) is 19.2. The molecule has 1 heterocycles. The molecule has 7 heteroatoms. The number of ether oxygens (including phenoxy) is 1. The van der Waals surface area contributed by atoms with Crippen LogP contribution in [0.25, 0.3) is 11.1 Å². The number of nitrogens with zero attached hydrogens (tertiary/aromatic N) is 1. The number of aromatic carboxylic acids is 1. The summed E-state index contributed by atoms with van der Waals surface area (Å²) in [6, 6.07) is 17.2. The lowest BCUT2D eigenvalue weighted by Gasteiger charge is -2.29. The number of amides is 1. The fourth-order valence-electron chi connectivity index (χ4n) is 4.34. The molecule has 34 heavy (non-hydrogen) atoms. The smallest absolute Gasteiger partial charge is 0.337 e. The van der Waals surface area contributed by atoms with Gasteiger partial charge in [-0.3, -0.25) is 4.79 Å². The van der Waals surface area contributed by atoms with Gasteiger partial charge in [0.05, 0.1) is 23.9 Å². The van der Waals surface area contributed by atoms with E-state index in [1.165, 1.54) is 12.1 Å². The van der Waals surface area contributed by atoms with Crippen LogP contribution < -0.4 is 10.1 Å². The predicted octanol–water partition coefficient (Wildman–Crippen LogP) is 4.83. The lowest BCUT2D eigenvalue weighted by molar-refractivity contribution is 0.0698. The minimum atomic E-state index is -1.16. The maximum atomic E-state index is 13.2. The molecule has 0 unspecified atom stereocenters. The van der Waals surface area contributed by atoms with E-state index in [0.29, 0.717) is 11.7 Å². The van der Waals surface area contributed by atoms with Crippen LogP contribution in [0.3, 0.4) is 0 Å². The summed E-state index contributed by atoms with van der Waals surface area (Å²) >= 11 is 0. The summed E-state index contributed by atoms with van der Waals surface area (Å²) in [6.45, 7) is 1.96. The summed E-state index contributed by atoms with van der Waals surface area (Å²) in [5, 5.41) is 22.8. The van der Waals surface area contributed by atoms with Gasteiger partial charge in [-0.25, -0.2) is 4.79 Å². The zero-order chi connectivity index (χ0) is 24.2. The molecule has 4 rings (SSSR count). The van der Waals surface area contributed by atoms with Gasteiger partial charge in [-0.15, -0.1) is 0 Å². The first-order valence-electron chi connectivity index (χ1n) is 11.2. The number of carbonyl (C=O) groups is 2. The van der Waals surface area contributed by atoms with Crippen molar-refractivity contribution in [1.82, 2.24) is 4.90 Å². The summed E-state index contributed by atoms with van der Waals surface area (Å²) in [5.41, 5.74) is 2.79. The van der Waals surface area contributed by atoms with Crippen molar-refractivity contribution in [1.29, 1.82) is 0 Å². The van der Waals surface area contributed by atoms with Crippen LogP contribution in [0.1, 0.15) is 45.0 Å². The Morgan fingerprint density at radius 3 is 2.41 bits per heavy atom. The third-order valence-electron chi connectivity index (χ3n) is 6.36. The van der Waals surface area contributed by atoms with Crippen molar-refractivity contribution in [3.63, 3.8) is 0 Å². The van der Waals surface area contributed by atoms with Crippen molar-refractivity contribution in [2.45, 2.75) is 18.8 Å². The first kappa shape index (κ1) is 23.3. The van der Waals surface area contributed by atoms with Crippen LogP contribution in [0, 0.1) is 0 Å². The van der Waals surface area contributed by atoms with E-state index >= 15 is 0 Å². The number of carbonyl (C=O) groups excluding carboxylic acids is 1. The van der Waals surface area contributed by atoms with Gasteiger partial charge in [0.15, 0.2) is 0 Å². The lowest BCUT2D eigenvalue weighted by Crippen LogP contribution is -2.29. The van der Waals surface area contributed by atoms with Gasteiger partial charge in [0.25, 0.3) is 5.91 Å². The number of anilines is 1. The molecule has 0 atom stereocenters. The highest BCUT2D eigenvalue weighted by molar-refractivity contribution is 6.09. The summed E-state index contributed by atoms with van der Waals surface area (Å²) < 4.78 is 5.28. The normalized spacial score (nSPS) is 14.5. The molecule has 0 saturated carbocycles. The highest BCUT2D eigenvalue weighted by Crippen LogP contribution is 2.32. The van der Waals surface area contributed by atoms with Crippen molar-refractivity contribution in [3.05, 3.63) is 77.4 Å². The molecular weight excluding hydrogens is 432 g/mol. The van der Waals surface area contributed by atoms with Crippen molar-refractivity contribution in [3.8, 4) is 22.6 Å². The number of likely N-dealkylation sites (tertiary alicyclic amines) is 1. The highest BCUT2D eigenvalue weighted by atomic mass is 16.5. The number of benzene rings is 3.